The van der Waals surface area contributed by atoms with Crippen LogP contribution in [0.15, 0.2) is 18.2 Å². The van der Waals surface area contributed by atoms with E-state index in [2.05, 4.69) is 10.2 Å². The Bertz CT molecular complexity index is 682. The Labute approximate surface area is 106 Å². The molecule has 0 saturated carbocycles. The number of carboxylic acid groups (broad SMARTS) is 1. The van der Waals surface area contributed by atoms with Gasteiger partial charge in [0.25, 0.3) is 0 Å². The zero-order valence-corrected chi connectivity index (χ0v) is 9.76. The number of nitrogens with one attached hydrogen (secondary N) is 1. The largest absolute Gasteiger partial charge is 0.481 e. The van der Waals surface area contributed by atoms with E-state index in [9.17, 15) is 14.0 Å². The Morgan fingerprint density at radius 1 is 1.53 bits per heavy atom. The SMILES string of the molecule is O=C(O)[C@H]1CC(=O)N(c2n[nH]c3cccc(F)c23)C1. The molecule has 1 amide bonds. The Morgan fingerprint density at radius 3 is 3.00 bits per heavy atom. The minimum absolute atomic E-state index is 0.0163. The summed E-state index contributed by atoms with van der Waals surface area (Å²) in [6, 6.07) is 4.45. The van der Waals surface area contributed by atoms with Gasteiger partial charge < -0.3 is 5.11 Å². The van der Waals surface area contributed by atoms with Crippen molar-refractivity contribution in [2.75, 3.05) is 11.4 Å². The van der Waals surface area contributed by atoms with Gasteiger partial charge >= 0.3 is 5.97 Å². The number of rotatable bonds is 2. The van der Waals surface area contributed by atoms with Gasteiger partial charge in [-0.05, 0) is 12.1 Å². The van der Waals surface area contributed by atoms with Crippen molar-refractivity contribution in [3.05, 3.63) is 24.0 Å². The van der Waals surface area contributed by atoms with Crippen LogP contribution in [0.25, 0.3) is 10.9 Å². The average molecular weight is 263 g/mol. The van der Waals surface area contributed by atoms with E-state index in [1.165, 1.54) is 17.0 Å². The van der Waals surface area contributed by atoms with E-state index in [4.69, 9.17) is 5.11 Å². The Morgan fingerprint density at radius 2 is 2.32 bits per heavy atom. The lowest BCUT2D eigenvalue weighted by molar-refractivity contribution is -0.141. The lowest BCUT2D eigenvalue weighted by Crippen LogP contribution is -2.26. The number of nitrogens with zero attached hydrogens (tertiary/aromatic N) is 2. The normalized spacial score (nSPS) is 19.3. The van der Waals surface area contributed by atoms with Crippen LogP contribution in [0.4, 0.5) is 10.2 Å². The molecule has 1 aromatic carbocycles. The highest BCUT2D eigenvalue weighted by Gasteiger charge is 2.37. The van der Waals surface area contributed by atoms with E-state index in [1.54, 1.807) is 6.07 Å². The van der Waals surface area contributed by atoms with E-state index in [0.717, 1.165) is 0 Å². The predicted octanol–water partition coefficient (Wildman–Crippen LogP) is 1.14. The van der Waals surface area contributed by atoms with Crippen molar-refractivity contribution >= 4 is 28.6 Å². The quantitative estimate of drug-likeness (QED) is 0.850. The standard InChI is InChI=1S/C12H10FN3O3/c13-7-2-1-3-8-10(7)11(15-14-8)16-5-6(12(18)19)4-9(16)17/h1-3,6H,4-5H2,(H,14,15)(H,18,19)/t6-/m0/s1. The summed E-state index contributed by atoms with van der Waals surface area (Å²) in [4.78, 5) is 24.0. The molecule has 1 atom stereocenters. The van der Waals surface area contributed by atoms with Gasteiger partial charge in [0.1, 0.15) is 5.82 Å². The molecule has 3 rings (SSSR count). The van der Waals surface area contributed by atoms with Crippen molar-refractivity contribution < 1.29 is 19.1 Å². The number of amides is 1. The first-order valence-electron chi connectivity index (χ1n) is 5.73. The fourth-order valence-electron chi connectivity index (χ4n) is 2.29. The van der Waals surface area contributed by atoms with Crippen LogP contribution in [-0.2, 0) is 9.59 Å². The van der Waals surface area contributed by atoms with Gasteiger partial charge in [0.2, 0.25) is 5.91 Å². The van der Waals surface area contributed by atoms with Crippen LogP contribution in [0.5, 0.6) is 0 Å². The molecule has 1 aliphatic rings. The molecule has 0 bridgehead atoms. The number of halogens is 1. The number of benzene rings is 1. The number of aromatic amines is 1. The topological polar surface area (TPSA) is 86.3 Å². The molecule has 2 N–H and O–H groups in total. The molecular weight excluding hydrogens is 253 g/mol. The molecule has 0 radical (unpaired) electrons. The van der Waals surface area contributed by atoms with Crippen LogP contribution in [0.1, 0.15) is 6.42 Å². The van der Waals surface area contributed by atoms with Crippen molar-refractivity contribution in [1.82, 2.24) is 10.2 Å². The summed E-state index contributed by atoms with van der Waals surface area (Å²) in [5, 5.41) is 15.7. The molecule has 0 unspecified atom stereocenters. The van der Waals surface area contributed by atoms with Crippen LogP contribution in [0, 0.1) is 11.7 Å². The maximum absolute atomic E-state index is 13.8. The zero-order valence-electron chi connectivity index (χ0n) is 9.76. The molecule has 1 saturated heterocycles. The highest BCUT2D eigenvalue weighted by molar-refractivity contribution is 6.04. The Hall–Kier alpha value is -2.44. The molecule has 6 nitrogen and oxygen atoms in total. The second kappa shape index (κ2) is 4.04. The number of fused-ring (bicyclic) bond motifs is 1. The van der Waals surface area contributed by atoms with Gasteiger partial charge in [0, 0.05) is 13.0 Å². The first-order valence-corrected chi connectivity index (χ1v) is 5.73. The number of aliphatic carboxylic acids is 1. The molecule has 7 heteroatoms. The Balaban J connectivity index is 2.06. The number of carbonyl (C=O) groups excluding carboxylic acids is 1. The molecule has 1 fully saturated rings. The van der Waals surface area contributed by atoms with Gasteiger partial charge in [-0.1, -0.05) is 6.07 Å². The van der Waals surface area contributed by atoms with E-state index in [1.807, 2.05) is 0 Å². The maximum Gasteiger partial charge on any atom is 0.308 e. The summed E-state index contributed by atoms with van der Waals surface area (Å²) < 4.78 is 13.8. The van der Waals surface area contributed by atoms with E-state index in [0.29, 0.717) is 5.52 Å². The van der Waals surface area contributed by atoms with Crippen molar-refractivity contribution in [1.29, 1.82) is 0 Å². The van der Waals surface area contributed by atoms with Crippen molar-refractivity contribution in [3.63, 3.8) is 0 Å². The fraction of sp³-hybridized carbons (Fsp3) is 0.250. The monoisotopic (exact) mass is 263 g/mol. The Kier molecular flexibility index (Phi) is 2.48. The number of hydrogen-bond acceptors (Lipinski definition) is 3. The van der Waals surface area contributed by atoms with Crippen LogP contribution in [-0.4, -0.2) is 33.7 Å². The first-order chi connectivity index (χ1) is 9.08. The fourth-order valence-corrected chi connectivity index (χ4v) is 2.29. The predicted molar refractivity (Wildman–Crippen MR) is 64.1 cm³/mol. The summed E-state index contributed by atoms with van der Waals surface area (Å²) in [5.74, 6) is -2.50. The molecule has 0 spiro atoms. The molecule has 0 aliphatic carbocycles. The number of hydrogen-bond donors (Lipinski definition) is 2. The highest BCUT2D eigenvalue weighted by atomic mass is 19.1. The number of aromatic nitrogens is 2. The molecule has 2 heterocycles. The van der Waals surface area contributed by atoms with Gasteiger partial charge in [-0.2, -0.15) is 5.10 Å². The molecule has 1 aliphatic heterocycles. The van der Waals surface area contributed by atoms with Crippen LogP contribution >= 0.6 is 0 Å². The van der Waals surface area contributed by atoms with E-state index in [-0.39, 0.29) is 30.1 Å². The van der Waals surface area contributed by atoms with Crippen molar-refractivity contribution in [2.45, 2.75) is 6.42 Å². The minimum Gasteiger partial charge on any atom is -0.481 e. The summed E-state index contributed by atoms with van der Waals surface area (Å²) in [6.45, 7) is 0.0163. The summed E-state index contributed by atoms with van der Waals surface area (Å²) >= 11 is 0. The number of carboxylic acids is 1. The van der Waals surface area contributed by atoms with E-state index >= 15 is 0 Å². The summed E-state index contributed by atoms with van der Waals surface area (Å²) in [7, 11) is 0. The maximum atomic E-state index is 13.8. The van der Waals surface area contributed by atoms with Crippen molar-refractivity contribution in [2.24, 2.45) is 5.92 Å². The molecule has 1 aromatic heterocycles. The molecule has 19 heavy (non-hydrogen) atoms. The number of H-pyrrole nitrogens is 1. The highest BCUT2D eigenvalue weighted by Crippen LogP contribution is 2.31. The smallest absolute Gasteiger partial charge is 0.308 e. The third-order valence-corrected chi connectivity index (χ3v) is 3.25. The minimum atomic E-state index is -1.03. The lowest BCUT2D eigenvalue weighted by atomic mass is 10.1. The van der Waals surface area contributed by atoms with Crippen LogP contribution < -0.4 is 4.90 Å². The lowest BCUT2D eigenvalue weighted by Gasteiger charge is -2.13. The van der Waals surface area contributed by atoms with Crippen LogP contribution in [0.3, 0.4) is 0 Å². The third kappa shape index (κ3) is 1.74. The molecule has 2 aromatic rings. The van der Waals surface area contributed by atoms with Gasteiger partial charge in [0.05, 0.1) is 16.8 Å². The van der Waals surface area contributed by atoms with Crippen molar-refractivity contribution in [3.8, 4) is 0 Å². The number of anilines is 1. The molecule has 98 valence electrons. The summed E-state index contributed by atoms with van der Waals surface area (Å²) in [5.41, 5.74) is 0.474. The summed E-state index contributed by atoms with van der Waals surface area (Å²) in [6.07, 6.45) is -0.0852. The average Bonchev–Trinajstić information content (AvgIpc) is 2.93. The second-order valence-electron chi connectivity index (χ2n) is 4.45. The van der Waals surface area contributed by atoms with Gasteiger partial charge in [-0.3, -0.25) is 19.6 Å². The number of carbonyl (C=O) groups is 2. The van der Waals surface area contributed by atoms with Gasteiger partial charge in [0.15, 0.2) is 5.82 Å². The first kappa shape index (κ1) is 11.6. The zero-order chi connectivity index (χ0) is 13.6. The van der Waals surface area contributed by atoms with Crippen LogP contribution in [0.2, 0.25) is 0 Å². The van der Waals surface area contributed by atoms with Gasteiger partial charge in [-0.25, -0.2) is 4.39 Å². The van der Waals surface area contributed by atoms with E-state index < -0.39 is 17.7 Å². The van der Waals surface area contributed by atoms with Gasteiger partial charge in [-0.15, -0.1) is 0 Å². The molecular formula is C12H10FN3O3. The second-order valence-corrected chi connectivity index (χ2v) is 4.45. The third-order valence-electron chi connectivity index (χ3n) is 3.25.